The zero-order valence-corrected chi connectivity index (χ0v) is 24.8. The Morgan fingerprint density at radius 1 is 1.10 bits per heavy atom. The number of imidazole rings is 1. The molecule has 2 aliphatic carbocycles. The number of carbonyl (C=O) groups is 1. The summed E-state index contributed by atoms with van der Waals surface area (Å²) in [6.07, 6.45) is 11.1. The maximum atomic E-state index is 16.1. The van der Waals surface area contributed by atoms with Gasteiger partial charge in [0.05, 0.1) is 12.2 Å². The van der Waals surface area contributed by atoms with Crippen LogP contribution in [-0.4, -0.2) is 57.7 Å². The summed E-state index contributed by atoms with van der Waals surface area (Å²) in [6, 6.07) is 11.7. The Balaban J connectivity index is 0.000000219. The van der Waals surface area contributed by atoms with Crippen molar-refractivity contribution in [1.29, 1.82) is 0 Å². The summed E-state index contributed by atoms with van der Waals surface area (Å²) in [5, 5.41) is 7.05. The first-order valence-corrected chi connectivity index (χ1v) is 15.1. The van der Waals surface area contributed by atoms with Gasteiger partial charge in [-0.1, -0.05) is 23.7 Å². The number of hydrogen-bond acceptors (Lipinski definition) is 7. The fourth-order valence-electron chi connectivity index (χ4n) is 5.73. The van der Waals surface area contributed by atoms with Crippen molar-refractivity contribution >= 4 is 35.2 Å². The summed E-state index contributed by atoms with van der Waals surface area (Å²) in [5.74, 6) is 2.71. The minimum atomic E-state index is -1.32. The zero-order chi connectivity index (χ0) is 29.3. The molecule has 0 spiro atoms. The Hall–Kier alpha value is -3.56. The minimum absolute atomic E-state index is 0.239. The van der Waals surface area contributed by atoms with E-state index in [0.29, 0.717) is 31.2 Å². The monoisotopic (exact) mass is 589 g/mol. The average molecular weight is 590 g/mol. The number of aldehydes is 1. The number of likely N-dealkylation sites (tertiary alicyclic amines) is 1. The van der Waals surface area contributed by atoms with Crippen LogP contribution in [0.2, 0.25) is 5.02 Å². The molecule has 4 aromatic rings. The summed E-state index contributed by atoms with van der Waals surface area (Å²) in [7, 11) is 3.88. The van der Waals surface area contributed by atoms with Crippen molar-refractivity contribution in [2.45, 2.75) is 56.2 Å². The van der Waals surface area contributed by atoms with Crippen LogP contribution in [0.5, 0.6) is 0 Å². The number of rotatable bonds is 8. The van der Waals surface area contributed by atoms with Crippen LogP contribution >= 0.6 is 11.6 Å². The molecule has 42 heavy (non-hydrogen) atoms. The highest BCUT2D eigenvalue weighted by Crippen LogP contribution is 2.46. The average Bonchev–Trinajstić information content (AvgIpc) is 3.94. The molecule has 2 saturated carbocycles. The maximum Gasteiger partial charge on any atom is 0.143 e. The highest BCUT2D eigenvalue weighted by atomic mass is 35.5. The summed E-state index contributed by atoms with van der Waals surface area (Å²) >= 11 is 5.82. The van der Waals surface area contributed by atoms with E-state index >= 15 is 4.39 Å². The molecule has 2 N–H and O–H groups in total. The third kappa shape index (κ3) is 6.42. The van der Waals surface area contributed by atoms with Crippen LogP contribution in [0.15, 0.2) is 55.1 Å². The van der Waals surface area contributed by atoms with Crippen LogP contribution < -0.4 is 10.6 Å². The third-order valence-corrected chi connectivity index (χ3v) is 8.83. The van der Waals surface area contributed by atoms with E-state index in [9.17, 15) is 4.79 Å². The van der Waals surface area contributed by atoms with Gasteiger partial charge in [-0.25, -0.2) is 19.3 Å². The van der Waals surface area contributed by atoms with Crippen LogP contribution in [-0.2, 0) is 17.0 Å². The topological polar surface area (TPSA) is 87.4 Å². The highest BCUT2D eigenvalue weighted by molar-refractivity contribution is 6.30. The van der Waals surface area contributed by atoms with Crippen molar-refractivity contribution in [3.05, 3.63) is 82.5 Å². The number of alkyl halides is 1. The van der Waals surface area contributed by atoms with E-state index in [-0.39, 0.29) is 5.92 Å². The third-order valence-electron chi connectivity index (χ3n) is 8.60. The summed E-state index contributed by atoms with van der Waals surface area (Å²) in [6.45, 7) is 2.06. The van der Waals surface area contributed by atoms with E-state index in [2.05, 4.69) is 44.8 Å². The molecular weight excluding hydrogens is 553 g/mol. The number of fused-ring (bicyclic) bond motifs is 1. The van der Waals surface area contributed by atoms with E-state index in [0.717, 1.165) is 59.4 Å². The molecule has 2 atom stereocenters. The van der Waals surface area contributed by atoms with Gasteiger partial charge in [-0.05, 0) is 80.3 Å². The predicted molar refractivity (Wildman–Crippen MR) is 164 cm³/mol. The molecule has 0 amide bonds. The van der Waals surface area contributed by atoms with E-state index in [1.165, 1.54) is 30.3 Å². The van der Waals surface area contributed by atoms with Crippen molar-refractivity contribution in [2.24, 2.45) is 5.92 Å². The molecule has 8 nitrogen and oxygen atoms in total. The first kappa shape index (κ1) is 28.6. The molecule has 1 saturated heterocycles. The smallest absolute Gasteiger partial charge is 0.143 e. The van der Waals surface area contributed by atoms with Crippen molar-refractivity contribution in [2.75, 3.05) is 37.8 Å². The number of aromatic nitrogens is 4. The van der Waals surface area contributed by atoms with Crippen LogP contribution in [0.1, 0.15) is 66.3 Å². The Morgan fingerprint density at radius 2 is 1.88 bits per heavy atom. The van der Waals surface area contributed by atoms with Gasteiger partial charge in [-0.2, -0.15) is 0 Å². The van der Waals surface area contributed by atoms with Crippen LogP contribution in [0.25, 0.3) is 5.65 Å². The summed E-state index contributed by atoms with van der Waals surface area (Å²) < 4.78 is 18.1. The minimum Gasteiger partial charge on any atom is -0.373 e. The highest BCUT2D eigenvalue weighted by Gasteiger charge is 2.39. The molecular formula is C32H37ClFN7O. The van der Waals surface area contributed by atoms with E-state index in [4.69, 9.17) is 16.6 Å². The fraction of sp³-hybridized carbons (Fsp3) is 0.438. The van der Waals surface area contributed by atoms with Gasteiger partial charge in [0.2, 0.25) is 0 Å². The SMILES string of the molecule is CNc1cc(NCc2cn3cc(C4CC4)cc(C4(F)CCN(C)CC4)c3n2)ncn1.O=CC1C[C@@H]1c1cccc(Cl)c1. The van der Waals surface area contributed by atoms with Crippen molar-refractivity contribution in [3.8, 4) is 0 Å². The number of nitrogens with zero attached hydrogens (tertiary/aromatic N) is 5. The Bertz CT molecular complexity index is 1560. The van der Waals surface area contributed by atoms with E-state index in [1.807, 2.05) is 48.0 Å². The van der Waals surface area contributed by atoms with Gasteiger partial charge in [0.25, 0.3) is 0 Å². The standard InChI is InChI=1S/C22H28FN7.C10H9ClO/c1-24-19-10-20(27-14-26-19)25-11-17-13-30-12-16(15-3-4-15)9-18(21(30)28-17)22(23)5-7-29(2)8-6-22;11-9-3-1-2-7(4-9)10-5-8(10)6-12/h9-10,12-15H,3-8,11H2,1-2H3,(H2,24,25,26,27);1-4,6,8,10H,5H2/t;8?,10-/m.1/s1. The largest absolute Gasteiger partial charge is 0.373 e. The molecule has 10 heteroatoms. The Labute approximate surface area is 250 Å². The molecule has 1 unspecified atom stereocenters. The van der Waals surface area contributed by atoms with Crippen LogP contribution in [0, 0.1) is 5.92 Å². The quantitative estimate of drug-likeness (QED) is 0.237. The first-order chi connectivity index (χ1) is 20.3. The summed E-state index contributed by atoms with van der Waals surface area (Å²) in [5.41, 5.74) is 3.47. The lowest BCUT2D eigenvalue weighted by Crippen LogP contribution is -2.38. The number of nitrogens with one attached hydrogen (secondary N) is 2. The molecule has 3 aliphatic rings. The molecule has 0 bridgehead atoms. The Kier molecular flexibility index (Phi) is 8.14. The lowest BCUT2D eigenvalue weighted by Gasteiger charge is -2.35. The molecule has 3 fully saturated rings. The number of anilines is 2. The van der Waals surface area contributed by atoms with Crippen molar-refractivity contribution in [1.82, 2.24) is 24.3 Å². The molecule has 3 aromatic heterocycles. The Morgan fingerprint density at radius 3 is 2.57 bits per heavy atom. The molecule has 1 aromatic carbocycles. The number of halogens is 2. The van der Waals surface area contributed by atoms with Gasteiger partial charge in [0.1, 0.15) is 35.6 Å². The first-order valence-electron chi connectivity index (χ1n) is 14.7. The number of pyridine rings is 1. The second-order valence-corrected chi connectivity index (χ2v) is 12.2. The maximum absolute atomic E-state index is 16.1. The number of piperidine rings is 1. The number of carbonyl (C=O) groups excluding carboxylic acids is 1. The van der Waals surface area contributed by atoms with Crippen molar-refractivity contribution in [3.63, 3.8) is 0 Å². The van der Waals surface area contributed by atoms with Gasteiger partial charge in [-0.15, -0.1) is 0 Å². The molecule has 220 valence electrons. The number of benzene rings is 1. The summed E-state index contributed by atoms with van der Waals surface area (Å²) in [4.78, 5) is 25.8. The number of hydrogen-bond donors (Lipinski definition) is 2. The van der Waals surface area contributed by atoms with E-state index < -0.39 is 5.67 Å². The van der Waals surface area contributed by atoms with Crippen LogP contribution in [0.4, 0.5) is 16.0 Å². The van der Waals surface area contributed by atoms with Gasteiger partial charge >= 0.3 is 0 Å². The lowest BCUT2D eigenvalue weighted by atomic mass is 9.86. The second kappa shape index (κ2) is 12.0. The van der Waals surface area contributed by atoms with Gasteiger partial charge in [-0.3, -0.25) is 0 Å². The van der Waals surface area contributed by atoms with Crippen molar-refractivity contribution < 1.29 is 9.18 Å². The molecule has 0 radical (unpaired) electrons. The zero-order valence-electron chi connectivity index (χ0n) is 24.1. The predicted octanol–water partition coefficient (Wildman–Crippen LogP) is 6.19. The fourth-order valence-corrected chi connectivity index (χ4v) is 5.92. The van der Waals surface area contributed by atoms with Gasteiger partial charge < -0.3 is 24.7 Å². The van der Waals surface area contributed by atoms with E-state index in [1.54, 1.807) is 0 Å². The molecule has 7 rings (SSSR count). The van der Waals surface area contributed by atoms with Gasteiger partial charge in [0, 0.05) is 55.1 Å². The molecule has 1 aliphatic heterocycles. The second-order valence-electron chi connectivity index (χ2n) is 11.8. The normalized spacial score (nSPS) is 21.3. The lowest BCUT2D eigenvalue weighted by molar-refractivity contribution is -0.108. The van der Waals surface area contributed by atoms with Crippen LogP contribution in [0.3, 0.4) is 0 Å². The van der Waals surface area contributed by atoms with Gasteiger partial charge in [0.15, 0.2) is 0 Å². The molecule has 4 heterocycles.